The number of hydrogen-bond acceptors (Lipinski definition) is 4. The van der Waals surface area contributed by atoms with Gasteiger partial charge < -0.3 is 0 Å². The van der Waals surface area contributed by atoms with Gasteiger partial charge in [0.2, 0.25) is 4.80 Å². The monoisotopic (exact) mass is 396 g/mol. The maximum atomic E-state index is 12.5. The summed E-state index contributed by atoms with van der Waals surface area (Å²) in [6.07, 6.45) is 4.48. The second-order valence-corrected chi connectivity index (χ2v) is 8.35. The van der Waals surface area contributed by atoms with E-state index >= 15 is 0 Å². The molecule has 1 aliphatic heterocycles. The first-order chi connectivity index (χ1) is 13.7. The standard InChI is InChI=1S/C22H28N4OS/c1-3-10-20-24-26(16-8-7-14-25-15-9-11-18(2)17-25)22(28-20)23-21(27)19-12-5-4-6-13-19/h4-6,12-13,18H,3,9-11,14-17H2,1-2H3. The number of piperidine rings is 1. The van der Waals surface area contributed by atoms with Crippen molar-refractivity contribution in [3.8, 4) is 11.8 Å². The second-order valence-electron chi connectivity index (χ2n) is 7.31. The van der Waals surface area contributed by atoms with Crippen LogP contribution in [0.4, 0.5) is 0 Å². The van der Waals surface area contributed by atoms with Crippen molar-refractivity contribution >= 4 is 17.2 Å². The molecule has 0 bridgehead atoms. The lowest BCUT2D eigenvalue weighted by Crippen LogP contribution is -2.34. The van der Waals surface area contributed by atoms with Crippen molar-refractivity contribution in [2.75, 3.05) is 19.6 Å². The molecule has 6 heteroatoms. The predicted octanol–water partition coefficient (Wildman–Crippen LogP) is 3.37. The van der Waals surface area contributed by atoms with Crippen molar-refractivity contribution < 1.29 is 4.79 Å². The smallest absolute Gasteiger partial charge is 0.279 e. The van der Waals surface area contributed by atoms with E-state index in [1.54, 1.807) is 16.8 Å². The van der Waals surface area contributed by atoms with Gasteiger partial charge in [0.25, 0.3) is 5.91 Å². The third-order valence-corrected chi connectivity index (χ3v) is 5.75. The number of aromatic nitrogens is 2. The molecular weight excluding hydrogens is 368 g/mol. The van der Waals surface area contributed by atoms with Crippen LogP contribution in [0.3, 0.4) is 0 Å². The molecule has 0 radical (unpaired) electrons. The minimum Gasteiger partial charge on any atom is -0.292 e. The van der Waals surface area contributed by atoms with E-state index in [1.807, 2.05) is 18.2 Å². The number of aryl methyl sites for hydroxylation is 1. The highest BCUT2D eigenvalue weighted by Crippen LogP contribution is 2.14. The Bertz CT molecular complexity index is 904. The van der Waals surface area contributed by atoms with Crippen LogP contribution in [-0.4, -0.2) is 40.2 Å². The van der Waals surface area contributed by atoms with Crippen LogP contribution < -0.4 is 4.80 Å². The molecule has 0 N–H and O–H groups in total. The molecule has 0 saturated carbocycles. The Kier molecular flexibility index (Phi) is 7.58. The first-order valence-corrected chi connectivity index (χ1v) is 10.9. The second kappa shape index (κ2) is 10.4. The molecule has 1 unspecified atom stereocenters. The fourth-order valence-electron chi connectivity index (χ4n) is 3.32. The minimum absolute atomic E-state index is 0.240. The average Bonchev–Trinajstić information content (AvgIpc) is 3.07. The number of benzene rings is 1. The molecule has 1 aliphatic rings. The highest BCUT2D eigenvalue weighted by Gasteiger charge is 2.14. The number of rotatable bonds is 5. The summed E-state index contributed by atoms with van der Waals surface area (Å²) in [5, 5.41) is 5.61. The summed E-state index contributed by atoms with van der Waals surface area (Å²) in [4.78, 5) is 19.8. The van der Waals surface area contributed by atoms with Crippen LogP contribution in [0.25, 0.3) is 0 Å². The molecule has 2 aromatic rings. The van der Waals surface area contributed by atoms with Crippen LogP contribution in [0.15, 0.2) is 35.3 Å². The van der Waals surface area contributed by atoms with Crippen LogP contribution in [0.2, 0.25) is 0 Å². The van der Waals surface area contributed by atoms with Crippen molar-refractivity contribution in [3.05, 3.63) is 45.7 Å². The summed E-state index contributed by atoms with van der Waals surface area (Å²) in [5.74, 6) is 7.01. The molecule has 1 fully saturated rings. The van der Waals surface area contributed by atoms with Gasteiger partial charge in [0.05, 0.1) is 6.54 Å². The fourth-order valence-corrected chi connectivity index (χ4v) is 4.31. The van der Waals surface area contributed by atoms with Gasteiger partial charge in [-0.15, -0.1) is 0 Å². The summed E-state index contributed by atoms with van der Waals surface area (Å²) in [6, 6.07) is 9.15. The topological polar surface area (TPSA) is 50.5 Å². The van der Waals surface area contributed by atoms with Crippen LogP contribution in [0, 0.1) is 17.8 Å². The third kappa shape index (κ3) is 5.88. The van der Waals surface area contributed by atoms with Gasteiger partial charge in [0.15, 0.2) is 0 Å². The van der Waals surface area contributed by atoms with Gasteiger partial charge >= 0.3 is 0 Å². The van der Waals surface area contributed by atoms with Gasteiger partial charge in [-0.1, -0.05) is 55.2 Å². The highest BCUT2D eigenvalue weighted by molar-refractivity contribution is 7.08. The normalized spacial score (nSPS) is 17.9. The van der Waals surface area contributed by atoms with E-state index < -0.39 is 0 Å². The Morgan fingerprint density at radius 2 is 2.07 bits per heavy atom. The molecular formula is C22H28N4OS. The number of carbonyl (C=O) groups is 1. The largest absolute Gasteiger partial charge is 0.292 e. The Morgan fingerprint density at radius 1 is 1.29 bits per heavy atom. The lowest BCUT2D eigenvalue weighted by atomic mass is 10.0. The molecule has 0 spiro atoms. The Balaban J connectivity index is 1.72. The number of hydrogen-bond donors (Lipinski definition) is 0. The van der Waals surface area contributed by atoms with E-state index in [4.69, 9.17) is 0 Å². The third-order valence-electron chi connectivity index (χ3n) is 4.74. The molecule has 3 rings (SSSR count). The molecule has 1 aromatic heterocycles. The molecule has 1 saturated heterocycles. The van der Waals surface area contributed by atoms with Gasteiger partial charge in [-0.2, -0.15) is 10.1 Å². The lowest BCUT2D eigenvalue weighted by molar-refractivity contribution is 0.0997. The van der Waals surface area contributed by atoms with E-state index in [9.17, 15) is 4.79 Å². The van der Waals surface area contributed by atoms with E-state index in [0.29, 0.717) is 16.9 Å². The summed E-state index contributed by atoms with van der Waals surface area (Å²) in [7, 11) is 0. The zero-order chi connectivity index (χ0) is 19.8. The number of carbonyl (C=O) groups excluding carboxylic acids is 1. The Labute approximate surface area is 171 Å². The molecule has 148 valence electrons. The molecule has 28 heavy (non-hydrogen) atoms. The minimum atomic E-state index is -0.240. The van der Waals surface area contributed by atoms with E-state index in [0.717, 1.165) is 43.4 Å². The molecule has 0 aliphatic carbocycles. The van der Waals surface area contributed by atoms with Gasteiger partial charge in [-0.25, -0.2) is 4.68 Å². The molecule has 1 aromatic carbocycles. The Hall–Kier alpha value is -2.23. The van der Waals surface area contributed by atoms with Crippen LogP contribution in [-0.2, 0) is 13.0 Å². The van der Waals surface area contributed by atoms with Crippen molar-refractivity contribution in [2.45, 2.75) is 46.1 Å². The first kappa shape index (κ1) is 20.5. The zero-order valence-electron chi connectivity index (χ0n) is 16.7. The lowest BCUT2D eigenvalue weighted by Gasteiger charge is -2.28. The molecule has 5 nitrogen and oxygen atoms in total. The maximum absolute atomic E-state index is 12.5. The van der Waals surface area contributed by atoms with Crippen LogP contribution >= 0.6 is 11.3 Å². The molecule has 1 atom stereocenters. The summed E-state index contributed by atoms with van der Waals surface area (Å²) >= 11 is 1.48. The van der Waals surface area contributed by atoms with Crippen LogP contribution in [0.5, 0.6) is 0 Å². The van der Waals surface area contributed by atoms with Crippen molar-refractivity contribution in [2.24, 2.45) is 10.9 Å². The van der Waals surface area contributed by atoms with E-state index in [1.165, 1.54) is 24.2 Å². The number of amides is 1. The highest BCUT2D eigenvalue weighted by atomic mass is 32.1. The average molecular weight is 397 g/mol. The Morgan fingerprint density at radius 3 is 2.82 bits per heavy atom. The summed E-state index contributed by atoms with van der Waals surface area (Å²) < 4.78 is 1.77. The van der Waals surface area contributed by atoms with Crippen molar-refractivity contribution in [1.82, 2.24) is 14.7 Å². The summed E-state index contributed by atoms with van der Waals surface area (Å²) in [5.41, 5.74) is 0.588. The van der Waals surface area contributed by atoms with Crippen molar-refractivity contribution in [3.63, 3.8) is 0 Å². The van der Waals surface area contributed by atoms with Gasteiger partial charge in [-0.3, -0.25) is 9.69 Å². The fraction of sp³-hybridized carbons (Fsp3) is 0.500. The van der Waals surface area contributed by atoms with Crippen molar-refractivity contribution in [1.29, 1.82) is 0 Å². The zero-order valence-corrected chi connectivity index (χ0v) is 17.5. The SMILES string of the molecule is CCCc1nn(CC#CCN2CCCC(C)C2)c(=NC(=O)c2ccccc2)s1. The number of nitrogens with zero attached hydrogens (tertiary/aromatic N) is 4. The van der Waals surface area contributed by atoms with Gasteiger partial charge in [-0.05, 0) is 43.9 Å². The summed E-state index contributed by atoms with van der Waals surface area (Å²) in [6.45, 7) is 7.95. The molecule has 1 amide bonds. The van der Waals surface area contributed by atoms with Gasteiger partial charge in [0.1, 0.15) is 11.6 Å². The number of likely N-dealkylation sites (tertiary alicyclic amines) is 1. The van der Waals surface area contributed by atoms with Crippen LogP contribution in [0.1, 0.15) is 48.5 Å². The predicted molar refractivity (Wildman–Crippen MR) is 113 cm³/mol. The van der Waals surface area contributed by atoms with E-state index in [2.05, 4.69) is 40.7 Å². The maximum Gasteiger partial charge on any atom is 0.279 e. The van der Waals surface area contributed by atoms with Gasteiger partial charge in [0, 0.05) is 18.5 Å². The quantitative estimate of drug-likeness (QED) is 0.728. The van der Waals surface area contributed by atoms with E-state index in [-0.39, 0.29) is 5.91 Å². The first-order valence-electron chi connectivity index (χ1n) is 10.0. The molecule has 2 heterocycles.